The minimum absolute atomic E-state index is 0.545. The fraction of sp³-hybridized carbons (Fsp3) is 0.545. The zero-order chi connectivity index (χ0) is 9.73. The third kappa shape index (κ3) is 2.79. The highest BCUT2D eigenvalue weighted by Crippen LogP contribution is 2.29. The van der Waals surface area contributed by atoms with E-state index in [2.05, 4.69) is 11.9 Å². The summed E-state index contributed by atoms with van der Waals surface area (Å²) in [5.74, 6) is 0. The first kappa shape index (κ1) is 10.2. The molecular weight excluding hydrogens is 165 g/mol. The van der Waals surface area contributed by atoms with Crippen LogP contribution in [0.4, 0.5) is 4.39 Å². The van der Waals surface area contributed by atoms with Crippen LogP contribution < -0.4 is 0 Å². The summed E-state index contributed by atoms with van der Waals surface area (Å²) in [4.78, 5) is 4.03. The first-order valence-corrected chi connectivity index (χ1v) is 4.77. The molecule has 1 rings (SSSR count). The molecular formula is C11H16FN. The van der Waals surface area contributed by atoms with Gasteiger partial charge in [0.1, 0.15) is 5.67 Å². The van der Waals surface area contributed by atoms with Crippen LogP contribution in [-0.4, -0.2) is 4.98 Å². The SMILES string of the molecule is CCCCC(C)(F)c1ccccn1. The number of alkyl halides is 1. The molecule has 1 unspecified atom stereocenters. The zero-order valence-electron chi connectivity index (χ0n) is 8.26. The standard InChI is InChI=1S/C11H16FN/c1-3-4-8-11(2,12)10-7-5-6-9-13-10/h5-7,9H,3-4,8H2,1-2H3. The summed E-state index contributed by atoms with van der Waals surface area (Å²) in [6, 6.07) is 5.38. The molecule has 1 heterocycles. The van der Waals surface area contributed by atoms with Crippen LogP contribution in [0, 0.1) is 0 Å². The third-order valence-electron chi connectivity index (χ3n) is 2.20. The lowest BCUT2D eigenvalue weighted by atomic mass is 9.97. The van der Waals surface area contributed by atoms with Gasteiger partial charge in [-0.1, -0.05) is 25.8 Å². The van der Waals surface area contributed by atoms with Gasteiger partial charge in [-0.05, 0) is 25.5 Å². The summed E-state index contributed by atoms with van der Waals surface area (Å²) in [5.41, 5.74) is -0.722. The molecule has 1 aromatic heterocycles. The molecule has 0 aliphatic heterocycles. The van der Waals surface area contributed by atoms with Crippen molar-refractivity contribution in [2.24, 2.45) is 0 Å². The zero-order valence-corrected chi connectivity index (χ0v) is 8.26. The molecule has 0 N–H and O–H groups in total. The fourth-order valence-electron chi connectivity index (χ4n) is 1.31. The van der Waals surface area contributed by atoms with Gasteiger partial charge < -0.3 is 0 Å². The number of hydrogen-bond acceptors (Lipinski definition) is 1. The summed E-state index contributed by atoms with van der Waals surface area (Å²) < 4.78 is 13.9. The Morgan fingerprint density at radius 3 is 2.77 bits per heavy atom. The summed E-state index contributed by atoms with van der Waals surface area (Å²) >= 11 is 0. The summed E-state index contributed by atoms with van der Waals surface area (Å²) in [5, 5.41) is 0. The number of halogens is 1. The molecule has 2 heteroatoms. The van der Waals surface area contributed by atoms with Crippen LogP contribution in [-0.2, 0) is 5.67 Å². The molecule has 0 bridgehead atoms. The normalized spacial score (nSPS) is 15.3. The molecule has 1 nitrogen and oxygen atoms in total. The topological polar surface area (TPSA) is 12.9 Å². The van der Waals surface area contributed by atoms with Gasteiger partial charge in [0, 0.05) is 6.20 Å². The van der Waals surface area contributed by atoms with Crippen molar-refractivity contribution in [3.8, 4) is 0 Å². The first-order valence-electron chi connectivity index (χ1n) is 4.77. The number of unbranched alkanes of at least 4 members (excludes halogenated alkanes) is 1. The largest absolute Gasteiger partial charge is 0.258 e. The molecule has 0 spiro atoms. The van der Waals surface area contributed by atoms with Gasteiger partial charge in [-0.15, -0.1) is 0 Å². The van der Waals surface area contributed by atoms with E-state index in [-0.39, 0.29) is 0 Å². The van der Waals surface area contributed by atoms with Gasteiger partial charge in [0.2, 0.25) is 0 Å². The van der Waals surface area contributed by atoms with E-state index >= 15 is 0 Å². The van der Waals surface area contributed by atoms with E-state index in [0.29, 0.717) is 12.1 Å². The smallest absolute Gasteiger partial charge is 0.149 e. The maximum atomic E-state index is 13.9. The number of hydrogen-bond donors (Lipinski definition) is 0. The van der Waals surface area contributed by atoms with Gasteiger partial charge in [0.05, 0.1) is 5.69 Å². The van der Waals surface area contributed by atoms with Crippen LogP contribution in [0.1, 0.15) is 38.8 Å². The van der Waals surface area contributed by atoms with Gasteiger partial charge in [0.25, 0.3) is 0 Å². The predicted octanol–water partition coefficient (Wildman–Crippen LogP) is 3.46. The first-order chi connectivity index (χ1) is 6.17. The van der Waals surface area contributed by atoms with Crippen LogP contribution >= 0.6 is 0 Å². The van der Waals surface area contributed by atoms with Crippen molar-refractivity contribution in [3.63, 3.8) is 0 Å². The molecule has 72 valence electrons. The Morgan fingerprint density at radius 1 is 1.46 bits per heavy atom. The molecule has 0 fully saturated rings. The van der Waals surface area contributed by atoms with Gasteiger partial charge in [-0.25, -0.2) is 4.39 Å². The minimum atomic E-state index is -1.27. The molecule has 0 aliphatic rings. The van der Waals surface area contributed by atoms with Crippen LogP contribution in [0.2, 0.25) is 0 Å². The third-order valence-corrected chi connectivity index (χ3v) is 2.20. The van der Waals surface area contributed by atoms with E-state index in [0.717, 1.165) is 12.8 Å². The average molecular weight is 181 g/mol. The highest BCUT2D eigenvalue weighted by molar-refractivity contribution is 5.11. The Kier molecular flexibility index (Phi) is 3.40. The quantitative estimate of drug-likeness (QED) is 0.693. The average Bonchev–Trinajstić information content (AvgIpc) is 2.16. The maximum Gasteiger partial charge on any atom is 0.149 e. The van der Waals surface area contributed by atoms with Crippen LogP contribution in [0.25, 0.3) is 0 Å². The van der Waals surface area contributed by atoms with Gasteiger partial charge in [0.15, 0.2) is 0 Å². The van der Waals surface area contributed by atoms with Crippen molar-refractivity contribution in [2.45, 2.75) is 38.8 Å². The van der Waals surface area contributed by atoms with Crippen molar-refractivity contribution in [1.82, 2.24) is 4.98 Å². The van der Waals surface area contributed by atoms with E-state index in [9.17, 15) is 4.39 Å². The monoisotopic (exact) mass is 181 g/mol. The summed E-state index contributed by atoms with van der Waals surface area (Å²) in [6.45, 7) is 3.67. The minimum Gasteiger partial charge on any atom is -0.258 e. The lowest BCUT2D eigenvalue weighted by Gasteiger charge is -2.18. The lowest BCUT2D eigenvalue weighted by Crippen LogP contribution is -2.16. The summed E-state index contributed by atoms with van der Waals surface area (Å²) in [6.07, 6.45) is 4.12. The van der Waals surface area contributed by atoms with E-state index < -0.39 is 5.67 Å². The van der Waals surface area contributed by atoms with E-state index in [1.54, 1.807) is 25.3 Å². The van der Waals surface area contributed by atoms with E-state index in [1.165, 1.54) is 0 Å². The Labute approximate surface area is 79.0 Å². The lowest BCUT2D eigenvalue weighted by molar-refractivity contribution is 0.166. The van der Waals surface area contributed by atoms with Gasteiger partial charge in [-0.2, -0.15) is 0 Å². The van der Waals surface area contributed by atoms with E-state index in [4.69, 9.17) is 0 Å². The highest BCUT2D eigenvalue weighted by Gasteiger charge is 2.25. The Hall–Kier alpha value is -0.920. The molecule has 0 aromatic carbocycles. The Bertz CT molecular complexity index is 244. The molecule has 0 aliphatic carbocycles. The molecule has 1 atom stereocenters. The Morgan fingerprint density at radius 2 is 2.23 bits per heavy atom. The second kappa shape index (κ2) is 4.35. The second-order valence-electron chi connectivity index (χ2n) is 3.52. The molecule has 13 heavy (non-hydrogen) atoms. The van der Waals surface area contributed by atoms with Crippen LogP contribution in [0.3, 0.4) is 0 Å². The van der Waals surface area contributed by atoms with Crippen molar-refractivity contribution in [3.05, 3.63) is 30.1 Å². The Balaban J connectivity index is 2.69. The summed E-state index contributed by atoms with van der Waals surface area (Å²) in [7, 11) is 0. The maximum absolute atomic E-state index is 13.9. The molecule has 0 radical (unpaired) electrons. The van der Waals surface area contributed by atoms with Gasteiger partial charge in [-0.3, -0.25) is 4.98 Å². The highest BCUT2D eigenvalue weighted by atomic mass is 19.1. The molecule has 1 aromatic rings. The number of pyridine rings is 1. The van der Waals surface area contributed by atoms with Crippen LogP contribution in [0.15, 0.2) is 24.4 Å². The van der Waals surface area contributed by atoms with Crippen LogP contribution in [0.5, 0.6) is 0 Å². The predicted molar refractivity (Wildman–Crippen MR) is 52.2 cm³/mol. The van der Waals surface area contributed by atoms with Crippen molar-refractivity contribution < 1.29 is 4.39 Å². The van der Waals surface area contributed by atoms with E-state index in [1.807, 2.05) is 6.07 Å². The fourth-order valence-corrected chi connectivity index (χ4v) is 1.31. The second-order valence-corrected chi connectivity index (χ2v) is 3.52. The van der Waals surface area contributed by atoms with Crippen molar-refractivity contribution in [2.75, 3.05) is 0 Å². The van der Waals surface area contributed by atoms with Crippen molar-refractivity contribution >= 4 is 0 Å². The molecule has 0 amide bonds. The number of nitrogens with zero attached hydrogens (tertiary/aromatic N) is 1. The van der Waals surface area contributed by atoms with Crippen molar-refractivity contribution in [1.29, 1.82) is 0 Å². The van der Waals surface area contributed by atoms with Gasteiger partial charge >= 0.3 is 0 Å². The number of rotatable bonds is 4. The molecule has 0 saturated carbocycles. The number of aromatic nitrogens is 1. The molecule has 0 saturated heterocycles.